The van der Waals surface area contributed by atoms with Crippen LogP contribution in [0.2, 0.25) is 0 Å². The zero-order chi connectivity index (χ0) is 21.8. The van der Waals surface area contributed by atoms with Gasteiger partial charge in [-0.05, 0) is 58.8 Å². The van der Waals surface area contributed by atoms with E-state index in [0.29, 0.717) is 21.5 Å². The van der Waals surface area contributed by atoms with Crippen LogP contribution in [-0.2, 0) is 18.3 Å². The smallest absolute Gasteiger partial charge is 0.257 e. The molecule has 0 aliphatic carbocycles. The Balaban J connectivity index is 1.34. The molecule has 0 saturated heterocycles. The van der Waals surface area contributed by atoms with Gasteiger partial charge in [0.2, 0.25) is 11.1 Å². The van der Waals surface area contributed by atoms with E-state index in [1.165, 1.54) is 33.3 Å². The lowest BCUT2D eigenvalue weighted by Gasteiger charge is -2.06. The quantitative estimate of drug-likeness (QED) is 0.412. The number of nitrogens with one attached hydrogen (secondary N) is 2. The minimum atomic E-state index is -0.252. The number of rotatable bonds is 7. The fourth-order valence-electron chi connectivity index (χ4n) is 2.79. The molecular weight excluding hydrogens is 434 g/mol. The van der Waals surface area contributed by atoms with Gasteiger partial charge in [-0.15, -0.1) is 5.10 Å². The van der Waals surface area contributed by atoms with Gasteiger partial charge < -0.3 is 5.32 Å². The summed E-state index contributed by atoms with van der Waals surface area (Å²) < 4.78 is 2.54. The second kappa shape index (κ2) is 9.23. The number of hydrogen-bond donors (Lipinski definition) is 2. The number of benzene rings is 2. The van der Waals surface area contributed by atoms with Gasteiger partial charge in [-0.3, -0.25) is 14.9 Å². The first-order valence-corrected chi connectivity index (χ1v) is 11.3. The van der Waals surface area contributed by atoms with Crippen LogP contribution in [-0.4, -0.2) is 42.8 Å². The minimum absolute atomic E-state index is 0.174. The van der Waals surface area contributed by atoms with Gasteiger partial charge in [-0.25, -0.2) is 9.67 Å². The maximum Gasteiger partial charge on any atom is 0.257 e. The molecule has 11 heteroatoms. The average Bonchev–Trinajstić information content (AvgIpc) is 3.37. The third-order valence-corrected chi connectivity index (χ3v) is 6.37. The molecule has 2 aromatic heterocycles. The summed E-state index contributed by atoms with van der Waals surface area (Å²) in [7, 11) is 1.71. The van der Waals surface area contributed by atoms with Gasteiger partial charge in [0.25, 0.3) is 5.91 Å². The summed E-state index contributed by atoms with van der Waals surface area (Å²) in [4.78, 5) is 29.1. The van der Waals surface area contributed by atoms with Crippen LogP contribution in [0, 0.1) is 0 Å². The van der Waals surface area contributed by atoms with Crippen LogP contribution in [0.3, 0.4) is 0 Å². The van der Waals surface area contributed by atoms with Crippen molar-refractivity contribution < 1.29 is 9.59 Å². The van der Waals surface area contributed by atoms with E-state index in [1.807, 2.05) is 12.1 Å². The molecule has 2 aromatic carbocycles. The first-order chi connectivity index (χ1) is 15.0. The molecule has 2 N–H and O–H groups in total. The highest BCUT2D eigenvalue weighted by Gasteiger charge is 2.12. The van der Waals surface area contributed by atoms with Crippen LogP contribution >= 0.6 is 23.1 Å². The Hall–Kier alpha value is -3.31. The second-order valence-electron chi connectivity index (χ2n) is 6.63. The van der Waals surface area contributed by atoms with E-state index in [0.717, 1.165) is 16.6 Å². The van der Waals surface area contributed by atoms with Crippen LogP contribution in [0.5, 0.6) is 0 Å². The predicted octanol–water partition coefficient (Wildman–Crippen LogP) is 3.37. The van der Waals surface area contributed by atoms with E-state index in [9.17, 15) is 9.59 Å². The molecule has 9 nitrogen and oxygen atoms in total. The second-order valence-corrected chi connectivity index (χ2v) is 8.60. The van der Waals surface area contributed by atoms with Gasteiger partial charge in [0.05, 0.1) is 16.0 Å². The highest BCUT2D eigenvalue weighted by Crippen LogP contribution is 2.27. The van der Waals surface area contributed by atoms with Gasteiger partial charge in [-0.2, -0.15) is 0 Å². The molecule has 4 rings (SSSR count). The van der Waals surface area contributed by atoms with Crippen molar-refractivity contribution in [3.63, 3.8) is 0 Å². The summed E-state index contributed by atoms with van der Waals surface area (Å²) >= 11 is 2.69. The Labute approximate surface area is 186 Å². The number of nitrogens with zero attached hydrogens (tertiary/aromatic N) is 5. The number of tetrazole rings is 1. The number of carbonyl (C=O) groups is 2. The molecular formula is C20H19N7O2S2. The van der Waals surface area contributed by atoms with Gasteiger partial charge in [0, 0.05) is 18.3 Å². The Morgan fingerprint density at radius 1 is 1.13 bits per heavy atom. The fourth-order valence-corrected chi connectivity index (χ4v) is 4.36. The van der Waals surface area contributed by atoms with Crippen molar-refractivity contribution in [3.05, 3.63) is 53.6 Å². The molecule has 0 spiro atoms. The summed E-state index contributed by atoms with van der Waals surface area (Å²) in [5, 5.41) is 17.8. The zero-order valence-corrected chi connectivity index (χ0v) is 18.5. The Bertz CT molecular complexity index is 1230. The third kappa shape index (κ3) is 5.06. The maximum absolute atomic E-state index is 12.6. The van der Waals surface area contributed by atoms with Gasteiger partial charge >= 0.3 is 0 Å². The van der Waals surface area contributed by atoms with E-state index in [2.05, 4.69) is 44.1 Å². The number of aryl methyl sites for hydroxylation is 2. The standard InChI is InChI=1S/C20H19N7O2S2/c1-3-12-4-9-15-16(10-12)31-19(22-15)23-18(29)13-5-7-14(8-6-13)21-17(28)11-30-20-24-25-26-27(20)2/h4-10H,3,11H2,1-2H3,(H,21,28)(H,22,23,29). The fraction of sp³-hybridized carbons (Fsp3) is 0.200. The number of hydrogen-bond acceptors (Lipinski definition) is 8. The summed E-state index contributed by atoms with van der Waals surface area (Å²) in [6.45, 7) is 2.10. The molecule has 0 radical (unpaired) electrons. The van der Waals surface area contributed by atoms with Gasteiger partial charge in [0.15, 0.2) is 5.13 Å². The molecule has 0 aliphatic rings. The molecule has 2 amide bonds. The minimum Gasteiger partial charge on any atom is -0.325 e. The first-order valence-electron chi connectivity index (χ1n) is 9.47. The van der Waals surface area contributed by atoms with Crippen LogP contribution in [0.15, 0.2) is 47.6 Å². The van der Waals surface area contributed by atoms with Gasteiger partial charge in [-0.1, -0.05) is 36.1 Å². The molecule has 0 saturated carbocycles. The van der Waals surface area contributed by atoms with Crippen molar-refractivity contribution >= 4 is 55.9 Å². The van der Waals surface area contributed by atoms with E-state index in [-0.39, 0.29) is 17.6 Å². The molecule has 4 aromatic rings. The highest BCUT2D eigenvalue weighted by atomic mass is 32.2. The lowest BCUT2D eigenvalue weighted by Crippen LogP contribution is -2.15. The number of thiazole rings is 1. The average molecular weight is 454 g/mol. The topological polar surface area (TPSA) is 115 Å². The summed E-state index contributed by atoms with van der Waals surface area (Å²) in [5.74, 6) is -0.266. The number of fused-ring (bicyclic) bond motifs is 1. The SMILES string of the molecule is CCc1ccc2nc(NC(=O)c3ccc(NC(=O)CSc4nnnn4C)cc3)sc2c1. The van der Waals surface area contributed by atoms with E-state index in [4.69, 9.17) is 0 Å². The first kappa shape index (κ1) is 20.9. The number of carbonyl (C=O) groups excluding carboxylic acids is 2. The third-order valence-electron chi connectivity index (χ3n) is 4.43. The molecule has 0 unspecified atom stereocenters. The number of aromatic nitrogens is 5. The van der Waals surface area contributed by atoms with Crippen LogP contribution in [0.4, 0.5) is 10.8 Å². The number of thioether (sulfide) groups is 1. The van der Waals surface area contributed by atoms with Crippen molar-refractivity contribution in [1.29, 1.82) is 0 Å². The van der Waals surface area contributed by atoms with Crippen molar-refractivity contribution in [2.24, 2.45) is 7.05 Å². The molecule has 0 atom stereocenters. The van der Waals surface area contributed by atoms with Gasteiger partial charge in [0.1, 0.15) is 0 Å². The summed E-state index contributed by atoms with van der Waals surface area (Å²) in [5.41, 5.74) is 3.18. The highest BCUT2D eigenvalue weighted by molar-refractivity contribution is 7.99. The molecule has 31 heavy (non-hydrogen) atoms. The van der Waals surface area contributed by atoms with Crippen molar-refractivity contribution in [3.8, 4) is 0 Å². The van der Waals surface area contributed by atoms with Crippen molar-refractivity contribution in [1.82, 2.24) is 25.2 Å². The lowest BCUT2D eigenvalue weighted by atomic mass is 10.2. The molecule has 2 heterocycles. The monoisotopic (exact) mass is 453 g/mol. The van der Waals surface area contributed by atoms with Crippen LogP contribution in [0.1, 0.15) is 22.8 Å². The van der Waals surface area contributed by atoms with E-state index < -0.39 is 0 Å². The van der Waals surface area contributed by atoms with Crippen molar-refractivity contribution in [2.75, 3.05) is 16.4 Å². The molecule has 158 valence electrons. The Morgan fingerprint density at radius 3 is 2.65 bits per heavy atom. The van der Waals surface area contributed by atoms with Crippen LogP contribution < -0.4 is 10.6 Å². The Kier molecular flexibility index (Phi) is 6.23. The normalized spacial score (nSPS) is 10.9. The Morgan fingerprint density at radius 2 is 1.94 bits per heavy atom. The number of anilines is 2. The largest absolute Gasteiger partial charge is 0.325 e. The maximum atomic E-state index is 12.6. The summed E-state index contributed by atoms with van der Waals surface area (Å²) in [6, 6.07) is 12.8. The van der Waals surface area contributed by atoms with Crippen LogP contribution in [0.25, 0.3) is 10.2 Å². The van der Waals surface area contributed by atoms with E-state index in [1.54, 1.807) is 31.3 Å². The van der Waals surface area contributed by atoms with E-state index >= 15 is 0 Å². The molecule has 0 bridgehead atoms. The van der Waals surface area contributed by atoms with Crippen molar-refractivity contribution in [2.45, 2.75) is 18.5 Å². The summed E-state index contributed by atoms with van der Waals surface area (Å²) in [6.07, 6.45) is 0.953. The molecule has 0 aliphatic heterocycles. The molecule has 0 fully saturated rings. The number of amides is 2. The lowest BCUT2D eigenvalue weighted by molar-refractivity contribution is -0.113. The zero-order valence-electron chi connectivity index (χ0n) is 16.8. The predicted molar refractivity (Wildman–Crippen MR) is 122 cm³/mol.